The van der Waals surface area contributed by atoms with E-state index >= 15 is 0 Å². The molecule has 0 radical (unpaired) electrons. The summed E-state index contributed by atoms with van der Waals surface area (Å²) in [5.74, 6) is -2.13. The number of aryl methyl sites for hydroxylation is 1. The zero-order valence-electron chi connectivity index (χ0n) is 17.4. The molecule has 11 heteroatoms. The predicted molar refractivity (Wildman–Crippen MR) is 118 cm³/mol. The number of rotatable bonds is 6. The number of hydrogen-bond donors (Lipinski definition) is 1. The van der Waals surface area contributed by atoms with Crippen LogP contribution in [-0.2, 0) is 12.5 Å². The Morgan fingerprint density at radius 1 is 1.21 bits per heavy atom. The average Bonchev–Trinajstić information content (AvgIpc) is 3.39. The predicted octanol–water partition coefficient (Wildman–Crippen LogP) is 4.79. The molecule has 0 aliphatic heterocycles. The van der Waals surface area contributed by atoms with Crippen molar-refractivity contribution in [3.63, 3.8) is 0 Å². The lowest BCUT2D eigenvalue weighted by Crippen LogP contribution is -2.40. The molecular formula is C22H17Cl2F2N5O2. The van der Waals surface area contributed by atoms with E-state index in [0.29, 0.717) is 16.4 Å². The molecule has 1 atom stereocenters. The highest BCUT2D eigenvalue weighted by Crippen LogP contribution is 2.35. The Kier molecular flexibility index (Phi) is 6.18. The summed E-state index contributed by atoms with van der Waals surface area (Å²) in [6.45, 7) is 1.91. The first kappa shape index (κ1) is 22.9. The van der Waals surface area contributed by atoms with Crippen molar-refractivity contribution >= 4 is 29.1 Å². The minimum Gasteiger partial charge on any atom is -0.355 e. The molecule has 1 amide bonds. The van der Waals surface area contributed by atoms with Crippen molar-refractivity contribution < 1.29 is 18.1 Å². The Balaban J connectivity index is 1.60. The Hall–Kier alpha value is -3.30. The Bertz CT molecular complexity index is 1340. The number of benzene rings is 1. The van der Waals surface area contributed by atoms with E-state index < -0.39 is 23.0 Å². The highest BCUT2D eigenvalue weighted by atomic mass is 35.5. The molecule has 1 N–H and O–H groups in total. The fourth-order valence-corrected chi connectivity index (χ4v) is 3.84. The van der Waals surface area contributed by atoms with E-state index in [1.165, 1.54) is 16.8 Å². The van der Waals surface area contributed by atoms with E-state index in [1.54, 1.807) is 31.4 Å². The van der Waals surface area contributed by atoms with Gasteiger partial charge >= 0.3 is 0 Å². The van der Waals surface area contributed by atoms with Crippen LogP contribution in [0.2, 0.25) is 10.3 Å². The molecule has 1 aromatic carbocycles. The van der Waals surface area contributed by atoms with Crippen molar-refractivity contribution in [3.8, 4) is 11.3 Å². The number of nitrogens with one attached hydrogen (secondary N) is 1. The third-order valence-electron chi connectivity index (χ3n) is 5.28. The zero-order valence-corrected chi connectivity index (χ0v) is 19.0. The van der Waals surface area contributed by atoms with Crippen LogP contribution in [0.5, 0.6) is 0 Å². The number of pyridine rings is 1. The third-order valence-corrected chi connectivity index (χ3v) is 5.94. The second-order valence-corrected chi connectivity index (χ2v) is 8.28. The molecule has 0 aliphatic rings. The summed E-state index contributed by atoms with van der Waals surface area (Å²) in [7, 11) is 1.70. The van der Waals surface area contributed by atoms with E-state index in [0.717, 1.165) is 12.1 Å². The van der Waals surface area contributed by atoms with Gasteiger partial charge in [-0.25, -0.2) is 13.8 Å². The van der Waals surface area contributed by atoms with Gasteiger partial charge in [-0.05, 0) is 31.2 Å². The molecule has 0 bridgehead atoms. The molecule has 0 aliphatic carbocycles. The van der Waals surface area contributed by atoms with E-state index in [2.05, 4.69) is 20.6 Å². The van der Waals surface area contributed by atoms with Crippen LogP contribution in [0.1, 0.15) is 28.7 Å². The van der Waals surface area contributed by atoms with Gasteiger partial charge in [0.1, 0.15) is 21.9 Å². The van der Waals surface area contributed by atoms with Crippen LogP contribution in [0.4, 0.5) is 8.78 Å². The van der Waals surface area contributed by atoms with E-state index in [4.69, 9.17) is 27.7 Å². The lowest BCUT2D eigenvalue weighted by molar-refractivity contribution is 0.0938. The molecule has 4 rings (SSSR count). The van der Waals surface area contributed by atoms with Gasteiger partial charge in [0.25, 0.3) is 5.91 Å². The number of carbonyl (C=O) groups excluding carboxylic acids is 1. The first-order chi connectivity index (χ1) is 15.7. The van der Waals surface area contributed by atoms with Gasteiger partial charge in [-0.2, -0.15) is 5.10 Å². The molecule has 0 fully saturated rings. The van der Waals surface area contributed by atoms with Gasteiger partial charge in [0, 0.05) is 31.3 Å². The van der Waals surface area contributed by atoms with Crippen molar-refractivity contribution in [2.45, 2.75) is 12.3 Å². The van der Waals surface area contributed by atoms with Gasteiger partial charge in [-0.15, -0.1) is 0 Å². The van der Waals surface area contributed by atoms with Gasteiger partial charge in [0.2, 0.25) is 0 Å². The summed E-state index contributed by atoms with van der Waals surface area (Å²) >= 11 is 12.5. The molecule has 33 heavy (non-hydrogen) atoms. The number of amides is 1. The highest BCUT2D eigenvalue weighted by molar-refractivity contribution is 6.30. The van der Waals surface area contributed by atoms with Crippen molar-refractivity contribution in [2.24, 2.45) is 7.05 Å². The number of nitrogens with zero attached hydrogens (tertiary/aromatic N) is 4. The van der Waals surface area contributed by atoms with Crippen LogP contribution in [0, 0.1) is 11.6 Å². The Labute approximate surface area is 197 Å². The second-order valence-electron chi connectivity index (χ2n) is 7.53. The minimum atomic E-state index is -0.887. The average molecular weight is 492 g/mol. The maximum absolute atomic E-state index is 14.0. The second kappa shape index (κ2) is 8.92. The molecule has 0 saturated carbocycles. The largest absolute Gasteiger partial charge is 0.355 e. The molecule has 3 aromatic heterocycles. The van der Waals surface area contributed by atoms with Gasteiger partial charge in [-0.1, -0.05) is 34.4 Å². The van der Waals surface area contributed by atoms with Gasteiger partial charge in [-0.3, -0.25) is 9.48 Å². The SMILES string of the molecule is Cn1ncc(C(C)(CNC(=O)c2cc(-c3ccc(F)cc3F)on2)c2cccc(Cl)n2)c1Cl. The number of aromatic nitrogens is 4. The number of hydrogen-bond acceptors (Lipinski definition) is 5. The van der Waals surface area contributed by atoms with E-state index in [1.807, 2.05) is 6.92 Å². The monoisotopic (exact) mass is 491 g/mol. The van der Waals surface area contributed by atoms with Crippen molar-refractivity contribution in [1.29, 1.82) is 0 Å². The zero-order chi connectivity index (χ0) is 23.8. The molecule has 4 aromatic rings. The van der Waals surface area contributed by atoms with Crippen LogP contribution in [-0.4, -0.2) is 32.4 Å². The maximum Gasteiger partial charge on any atom is 0.273 e. The van der Waals surface area contributed by atoms with Crippen LogP contribution in [0.25, 0.3) is 11.3 Å². The number of halogens is 4. The maximum atomic E-state index is 14.0. The number of carbonyl (C=O) groups is 1. The first-order valence-electron chi connectivity index (χ1n) is 9.70. The van der Waals surface area contributed by atoms with Gasteiger partial charge in [0.15, 0.2) is 11.5 Å². The standard InChI is InChI=1S/C22H17Cl2F2N5O2/c1-22(14-10-28-31(2)20(14)24,18-4-3-5-19(23)29-18)11-27-21(32)16-9-17(33-30-16)13-7-6-12(25)8-15(13)26/h3-10H,11H2,1-2H3,(H,27,32). The molecule has 1 unspecified atom stereocenters. The quantitative estimate of drug-likeness (QED) is 0.392. The third kappa shape index (κ3) is 4.46. The van der Waals surface area contributed by atoms with Gasteiger partial charge < -0.3 is 9.84 Å². The van der Waals surface area contributed by atoms with Crippen molar-refractivity contribution in [2.75, 3.05) is 6.54 Å². The molecule has 0 spiro atoms. The van der Waals surface area contributed by atoms with E-state index in [-0.39, 0.29) is 28.7 Å². The summed E-state index contributed by atoms with van der Waals surface area (Å²) in [4.78, 5) is 17.2. The molecule has 7 nitrogen and oxygen atoms in total. The van der Waals surface area contributed by atoms with E-state index in [9.17, 15) is 13.6 Å². The highest BCUT2D eigenvalue weighted by Gasteiger charge is 2.35. The normalized spacial score (nSPS) is 13.0. The van der Waals surface area contributed by atoms with Crippen molar-refractivity contribution in [3.05, 3.63) is 87.6 Å². The van der Waals surface area contributed by atoms with Crippen LogP contribution in [0.15, 0.2) is 53.2 Å². The molecular weight excluding hydrogens is 475 g/mol. The minimum absolute atomic E-state index is 0.00720. The fraction of sp³-hybridized carbons (Fsp3) is 0.182. The Morgan fingerprint density at radius 3 is 2.67 bits per heavy atom. The lowest BCUT2D eigenvalue weighted by atomic mass is 9.80. The topological polar surface area (TPSA) is 85.8 Å². The molecule has 0 saturated heterocycles. The smallest absolute Gasteiger partial charge is 0.273 e. The first-order valence-corrected chi connectivity index (χ1v) is 10.5. The van der Waals surface area contributed by atoms with Crippen LogP contribution >= 0.6 is 23.2 Å². The summed E-state index contributed by atoms with van der Waals surface area (Å²) in [6, 6.07) is 9.45. The molecule has 170 valence electrons. The Morgan fingerprint density at radius 2 is 2.00 bits per heavy atom. The van der Waals surface area contributed by atoms with Gasteiger partial charge in [0.05, 0.1) is 22.9 Å². The summed E-state index contributed by atoms with van der Waals surface area (Å²) in [5.41, 5.74) is 0.225. The summed E-state index contributed by atoms with van der Waals surface area (Å²) in [5, 5.41) is 11.4. The molecule has 3 heterocycles. The summed E-state index contributed by atoms with van der Waals surface area (Å²) < 4.78 is 33.8. The van der Waals surface area contributed by atoms with Crippen LogP contribution < -0.4 is 5.32 Å². The van der Waals surface area contributed by atoms with Crippen molar-refractivity contribution in [1.82, 2.24) is 25.2 Å². The summed E-state index contributed by atoms with van der Waals surface area (Å²) in [6.07, 6.45) is 1.60. The fourth-order valence-electron chi connectivity index (χ4n) is 3.38. The lowest BCUT2D eigenvalue weighted by Gasteiger charge is -2.29. The van der Waals surface area contributed by atoms with Crippen LogP contribution in [0.3, 0.4) is 0 Å².